The molecular weight excluding hydrogens is 647 g/mol. The molecular formula is C44H53N5O3. The Morgan fingerprint density at radius 2 is 1.58 bits per heavy atom. The van der Waals surface area contributed by atoms with E-state index in [4.69, 9.17) is 24.6 Å². The zero-order valence-electron chi connectivity index (χ0n) is 32.2. The second-order valence-electron chi connectivity index (χ2n) is 14.7. The van der Waals surface area contributed by atoms with Gasteiger partial charge in [-0.25, -0.2) is 15.0 Å². The van der Waals surface area contributed by atoms with E-state index < -0.39 is 0 Å². The summed E-state index contributed by atoms with van der Waals surface area (Å²) < 4.78 is 21.1. The van der Waals surface area contributed by atoms with Crippen LogP contribution in [0.4, 0.5) is 5.95 Å². The van der Waals surface area contributed by atoms with Gasteiger partial charge in [0.2, 0.25) is 5.95 Å². The molecule has 3 heterocycles. The van der Waals surface area contributed by atoms with Gasteiger partial charge in [-0.1, -0.05) is 71.9 Å². The standard InChI is InChI=1S/C44H53N5O3/c1-26(2)35-14-15-37(41(28(5)6)40(35)27(3)4)51-23-19-39-48-42(34-13-12-33-18-22-52-38(33)24-34)43(36-16-20-46-44(45)47-36)49(39)25-50-21-17-32-11-10-29(7)30(8)31(32)9/h10-16,18,20,22,24,26-28H,17,19,21,23,25H2,1-9H3,(H2,45,46,47). The second-order valence-corrected chi connectivity index (χ2v) is 14.7. The summed E-state index contributed by atoms with van der Waals surface area (Å²) in [5.74, 6) is 3.11. The lowest BCUT2D eigenvalue weighted by molar-refractivity contribution is 0.0780. The fourth-order valence-electron chi connectivity index (χ4n) is 7.27. The van der Waals surface area contributed by atoms with E-state index in [0.717, 1.165) is 45.9 Å². The molecule has 0 spiro atoms. The maximum absolute atomic E-state index is 6.67. The minimum atomic E-state index is 0.195. The third-order valence-electron chi connectivity index (χ3n) is 10.2. The Kier molecular flexibility index (Phi) is 11.1. The Morgan fingerprint density at radius 1 is 0.788 bits per heavy atom. The first-order valence-electron chi connectivity index (χ1n) is 18.5. The van der Waals surface area contributed by atoms with Gasteiger partial charge in [0.05, 0.1) is 36.6 Å². The van der Waals surface area contributed by atoms with E-state index in [0.29, 0.717) is 43.1 Å². The van der Waals surface area contributed by atoms with E-state index in [1.807, 2.05) is 18.2 Å². The van der Waals surface area contributed by atoms with E-state index in [1.54, 1.807) is 12.5 Å². The van der Waals surface area contributed by atoms with Gasteiger partial charge in [-0.2, -0.15) is 0 Å². The van der Waals surface area contributed by atoms with Crippen LogP contribution in [-0.4, -0.2) is 32.7 Å². The van der Waals surface area contributed by atoms with Crippen LogP contribution >= 0.6 is 0 Å². The number of nitrogens with two attached hydrogens (primary N) is 1. The quantitative estimate of drug-likeness (QED) is 0.113. The predicted octanol–water partition coefficient (Wildman–Crippen LogP) is 10.5. The summed E-state index contributed by atoms with van der Waals surface area (Å²) in [4.78, 5) is 14.1. The molecule has 0 saturated heterocycles. The molecule has 0 atom stereocenters. The Hall–Kier alpha value is -4.95. The summed E-state index contributed by atoms with van der Waals surface area (Å²) in [7, 11) is 0. The number of hydrogen-bond donors (Lipinski definition) is 1. The first kappa shape index (κ1) is 36.8. The Bertz CT molecular complexity index is 2170. The van der Waals surface area contributed by atoms with E-state index in [1.165, 1.54) is 38.9 Å². The topological polar surface area (TPSA) is 101 Å². The van der Waals surface area contributed by atoms with Crippen molar-refractivity contribution in [3.05, 3.63) is 112 Å². The van der Waals surface area contributed by atoms with Crippen LogP contribution in [0.5, 0.6) is 5.75 Å². The predicted molar refractivity (Wildman–Crippen MR) is 211 cm³/mol. The minimum Gasteiger partial charge on any atom is -0.493 e. The first-order valence-corrected chi connectivity index (χ1v) is 18.5. The van der Waals surface area contributed by atoms with Gasteiger partial charge in [0.25, 0.3) is 0 Å². The molecule has 272 valence electrons. The molecule has 2 N–H and O–H groups in total. The summed E-state index contributed by atoms with van der Waals surface area (Å²) in [6.45, 7) is 21.4. The average Bonchev–Trinajstić information content (AvgIpc) is 3.73. The van der Waals surface area contributed by atoms with Crippen molar-refractivity contribution >= 4 is 16.9 Å². The summed E-state index contributed by atoms with van der Waals surface area (Å²) in [6.07, 6.45) is 4.75. The van der Waals surface area contributed by atoms with Gasteiger partial charge in [0.1, 0.15) is 23.9 Å². The average molecular weight is 700 g/mol. The van der Waals surface area contributed by atoms with Crippen LogP contribution < -0.4 is 10.5 Å². The number of nitrogens with zero attached hydrogens (tertiary/aromatic N) is 4. The molecule has 6 rings (SSSR count). The highest BCUT2D eigenvalue weighted by atomic mass is 16.5. The third-order valence-corrected chi connectivity index (χ3v) is 10.2. The SMILES string of the molecule is Cc1ccc(CCOCn2c(CCOc3ccc(C(C)C)c(C(C)C)c3C(C)C)nc(-c3ccc4ccoc4c3)c2-c2ccnc(N)n2)c(C)c1C. The summed E-state index contributed by atoms with van der Waals surface area (Å²) in [5.41, 5.74) is 19.4. The molecule has 0 amide bonds. The number of ether oxygens (including phenoxy) is 2. The molecule has 0 saturated carbocycles. The number of nitrogen functional groups attached to an aromatic ring is 1. The number of hydrogen-bond acceptors (Lipinski definition) is 7. The highest BCUT2D eigenvalue weighted by Crippen LogP contribution is 2.40. The van der Waals surface area contributed by atoms with Crippen molar-refractivity contribution in [2.75, 3.05) is 18.9 Å². The Labute approximate surface area is 308 Å². The smallest absolute Gasteiger partial charge is 0.220 e. The summed E-state index contributed by atoms with van der Waals surface area (Å²) in [6, 6.07) is 18.8. The van der Waals surface area contributed by atoms with Crippen LogP contribution in [0, 0.1) is 20.8 Å². The molecule has 0 unspecified atom stereocenters. The molecule has 3 aromatic carbocycles. The van der Waals surface area contributed by atoms with E-state index in [9.17, 15) is 0 Å². The van der Waals surface area contributed by atoms with E-state index in [2.05, 4.69) is 113 Å². The van der Waals surface area contributed by atoms with Gasteiger partial charge in [0, 0.05) is 29.1 Å². The first-order chi connectivity index (χ1) is 24.9. The lowest BCUT2D eigenvalue weighted by atomic mass is 9.83. The lowest BCUT2D eigenvalue weighted by Gasteiger charge is -2.25. The van der Waals surface area contributed by atoms with Crippen LogP contribution in [0.3, 0.4) is 0 Å². The van der Waals surface area contributed by atoms with Crippen LogP contribution in [0.2, 0.25) is 0 Å². The van der Waals surface area contributed by atoms with Crippen molar-refractivity contribution in [1.29, 1.82) is 0 Å². The number of benzene rings is 3. The number of rotatable bonds is 14. The van der Waals surface area contributed by atoms with Crippen molar-refractivity contribution < 1.29 is 13.9 Å². The highest BCUT2D eigenvalue weighted by Gasteiger charge is 2.24. The molecule has 3 aromatic heterocycles. The summed E-state index contributed by atoms with van der Waals surface area (Å²) >= 11 is 0. The van der Waals surface area contributed by atoms with E-state index in [-0.39, 0.29) is 12.7 Å². The molecule has 0 radical (unpaired) electrons. The van der Waals surface area contributed by atoms with Gasteiger partial charge in [0.15, 0.2) is 0 Å². The van der Waals surface area contributed by atoms with Crippen molar-refractivity contribution in [3.8, 4) is 28.4 Å². The van der Waals surface area contributed by atoms with Crippen molar-refractivity contribution in [2.45, 2.75) is 99.6 Å². The number of furan rings is 1. The number of fused-ring (bicyclic) bond motifs is 1. The van der Waals surface area contributed by atoms with Crippen LogP contribution in [0.15, 0.2) is 71.5 Å². The fraction of sp³-hybridized carbons (Fsp3) is 0.386. The van der Waals surface area contributed by atoms with Crippen LogP contribution in [0.1, 0.15) is 104 Å². The van der Waals surface area contributed by atoms with Gasteiger partial charge < -0.3 is 24.2 Å². The fourth-order valence-corrected chi connectivity index (χ4v) is 7.27. The molecule has 0 bridgehead atoms. The van der Waals surface area contributed by atoms with Gasteiger partial charge in [-0.05, 0) is 103 Å². The molecule has 8 nitrogen and oxygen atoms in total. The number of imidazole rings is 1. The normalized spacial score (nSPS) is 11.8. The molecule has 52 heavy (non-hydrogen) atoms. The van der Waals surface area contributed by atoms with E-state index >= 15 is 0 Å². The number of aryl methyl sites for hydroxylation is 1. The molecule has 0 fully saturated rings. The molecule has 0 aliphatic carbocycles. The monoisotopic (exact) mass is 699 g/mol. The molecule has 6 aromatic rings. The lowest BCUT2D eigenvalue weighted by Crippen LogP contribution is -2.15. The maximum Gasteiger partial charge on any atom is 0.220 e. The minimum absolute atomic E-state index is 0.195. The third kappa shape index (κ3) is 7.63. The molecule has 0 aliphatic rings. The summed E-state index contributed by atoms with van der Waals surface area (Å²) in [5, 5.41) is 1.03. The van der Waals surface area contributed by atoms with Crippen LogP contribution in [0.25, 0.3) is 33.6 Å². The molecule has 0 aliphatic heterocycles. The van der Waals surface area contributed by atoms with Gasteiger partial charge in [-0.15, -0.1) is 0 Å². The number of anilines is 1. The van der Waals surface area contributed by atoms with Crippen molar-refractivity contribution in [2.24, 2.45) is 0 Å². The van der Waals surface area contributed by atoms with Gasteiger partial charge >= 0.3 is 0 Å². The Morgan fingerprint density at radius 3 is 2.31 bits per heavy atom. The zero-order valence-corrected chi connectivity index (χ0v) is 32.2. The van der Waals surface area contributed by atoms with Crippen LogP contribution in [-0.2, 0) is 24.3 Å². The largest absolute Gasteiger partial charge is 0.493 e. The highest BCUT2D eigenvalue weighted by molar-refractivity contribution is 5.86. The van der Waals surface area contributed by atoms with Gasteiger partial charge in [-0.3, -0.25) is 0 Å². The van der Waals surface area contributed by atoms with Crippen molar-refractivity contribution in [3.63, 3.8) is 0 Å². The second kappa shape index (κ2) is 15.7. The van der Waals surface area contributed by atoms with Crippen molar-refractivity contribution in [1.82, 2.24) is 19.5 Å². The molecule has 8 heteroatoms. The maximum atomic E-state index is 6.67. The number of aromatic nitrogens is 4. The Balaban J connectivity index is 1.37. The zero-order chi connectivity index (χ0) is 37.1.